The van der Waals surface area contributed by atoms with Gasteiger partial charge in [0, 0.05) is 33.6 Å². The number of esters is 1. The monoisotopic (exact) mass is 481 g/mol. The fraction of sp³-hybridized carbons (Fsp3) is 0.250. The molecular weight excluding hydrogens is 462 g/mol. The Morgan fingerprint density at radius 2 is 1.94 bits per heavy atom. The molecule has 1 atom stereocenters. The number of Topliss-reactive ketones (excluding diaryl/α,β-unsaturated/α-hetero) is 1. The van der Waals surface area contributed by atoms with Crippen LogP contribution in [0.25, 0.3) is 5.13 Å². The van der Waals surface area contributed by atoms with E-state index in [4.69, 9.17) is 16.3 Å². The lowest BCUT2D eigenvalue weighted by Crippen LogP contribution is -2.40. The number of nitrogens with one attached hydrogen (secondary N) is 1. The lowest BCUT2D eigenvalue weighted by molar-refractivity contribution is -0.144. The van der Waals surface area contributed by atoms with Gasteiger partial charge in [-0.2, -0.15) is 4.72 Å². The van der Waals surface area contributed by atoms with Crippen LogP contribution < -0.4 is 4.72 Å². The van der Waals surface area contributed by atoms with Crippen LogP contribution in [0.2, 0.25) is 5.02 Å². The number of ketones is 1. The third-order valence-corrected chi connectivity index (χ3v) is 7.06. The van der Waals surface area contributed by atoms with Crippen LogP contribution in [-0.2, 0) is 19.6 Å². The number of carbonyl (C=O) groups excluding carboxylic acids is 2. The molecule has 1 N–H and O–H groups in total. The smallest absolute Gasteiger partial charge is 0.324 e. The van der Waals surface area contributed by atoms with Gasteiger partial charge >= 0.3 is 5.97 Å². The van der Waals surface area contributed by atoms with Gasteiger partial charge < -0.3 is 4.74 Å². The van der Waals surface area contributed by atoms with Crippen LogP contribution >= 0.6 is 22.9 Å². The van der Waals surface area contributed by atoms with Crippen LogP contribution in [0.4, 0.5) is 0 Å². The Kier molecular flexibility index (Phi) is 6.95. The van der Waals surface area contributed by atoms with Gasteiger partial charge in [0.1, 0.15) is 6.04 Å². The number of halogens is 1. The topological polar surface area (TPSA) is 107 Å². The first kappa shape index (κ1) is 23.1. The third kappa shape index (κ3) is 5.21. The Hall–Kier alpha value is -2.53. The molecule has 3 rings (SSSR count). The fourth-order valence-electron chi connectivity index (χ4n) is 2.97. The molecule has 0 spiro atoms. The molecule has 1 aromatic carbocycles. The van der Waals surface area contributed by atoms with Crippen molar-refractivity contribution in [3.63, 3.8) is 0 Å². The molecule has 8 nitrogen and oxygen atoms in total. The van der Waals surface area contributed by atoms with E-state index in [-0.39, 0.29) is 4.90 Å². The Balaban J connectivity index is 1.63. The van der Waals surface area contributed by atoms with E-state index in [1.54, 1.807) is 19.2 Å². The average molecular weight is 482 g/mol. The number of hydrogen-bond donors (Lipinski definition) is 1. The van der Waals surface area contributed by atoms with E-state index in [9.17, 15) is 18.0 Å². The Morgan fingerprint density at radius 1 is 1.26 bits per heavy atom. The second-order valence-electron chi connectivity index (χ2n) is 6.76. The number of nitrogens with zero attached hydrogens (tertiary/aromatic N) is 2. The zero-order chi connectivity index (χ0) is 22.8. The average Bonchev–Trinajstić information content (AvgIpc) is 3.33. The SMILES string of the molecule is Cc1cc(C(=O)COC(=O)[C@@H](C)NS(=O)(=O)c2ccc(Cl)cc2)c(C)n1-c1nccs1. The van der Waals surface area contributed by atoms with Crippen LogP contribution in [0.1, 0.15) is 28.7 Å². The summed E-state index contributed by atoms with van der Waals surface area (Å²) in [5.41, 5.74) is 1.92. The first-order chi connectivity index (χ1) is 14.6. The van der Waals surface area contributed by atoms with E-state index in [0.29, 0.717) is 16.3 Å². The molecule has 164 valence electrons. The highest BCUT2D eigenvalue weighted by Gasteiger charge is 2.25. The van der Waals surface area contributed by atoms with Crippen molar-refractivity contribution in [1.29, 1.82) is 0 Å². The largest absolute Gasteiger partial charge is 0.456 e. The molecule has 31 heavy (non-hydrogen) atoms. The molecule has 0 aliphatic rings. The maximum atomic E-state index is 12.6. The van der Waals surface area contributed by atoms with Gasteiger partial charge in [0.2, 0.25) is 15.8 Å². The maximum Gasteiger partial charge on any atom is 0.324 e. The molecule has 0 aliphatic heterocycles. The Bertz CT molecular complexity index is 1200. The standard InChI is InChI=1S/C20H20ClN3O5S2/c1-12-10-17(14(3)24(12)20-22-8-9-30-20)18(25)11-29-19(26)13(2)23-31(27,28)16-6-4-15(21)5-7-16/h4-10,13,23H,11H2,1-3H3/t13-/m1/s1. The summed E-state index contributed by atoms with van der Waals surface area (Å²) in [6.07, 6.45) is 1.68. The van der Waals surface area contributed by atoms with Crippen LogP contribution in [0.15, 0.2) is 46.8 Å². The maximum absolute atomic E-state index is 12.6. The van der Waals surface area contributed by atoms with Gasteiger partial charge in [-0.25, -0.2) is 13.4 Å². The lowest BCUT2D eigenvalue weighted by atomic mass is 10.1. The van der Waals surface area contributed by atoms with Gasteiger partial charge in [0.25, 0.3) is 0 Å². The lowest BCUT2D eigenvalue weighted by Gasteiger charge is -2.13. The van der Waals surface area contributed by atoms with E-state index in [0.717, 1.165) is 10.8 Å². The van der Waals surface area contributed by atoms with Crippen molar-refractivity contribution in [2.45, 2.75) is 31.7 Å². The van der Waals surface area contributed by atoms with Crippen molar-refractivity contribution in [3.05, 3.63) is 63.9 Å². The number of rotatable bonds is 8. The van der Waals surface area contributed by atoms with Gasteiger partial charge in [-0.15, -0.1) is 11.3 Å². The zero-order valence-electron chi connectivity index (χ0n) is 17.0. The predicted octanol–water partition coefficient (Wildman–Crippen LogP) is 3.30. The normalized spacial score (nSPS) is 12.5. The summed E-state index contributed by atoms with van der Waals surface area (Å²) in [5.74, 6) is -1.25. The number of hydrogen-bond acceptors (Lipinski definition) is 7. The highest BCUT2D eigenvalue weighted by Crippen LogP contribution is 2.22. The predicted molar refractivity (Wildman–Crippen MR) is 117 cm³/mol. The minimum atomic E-state index is -3.95. The van der Waals surface area contributed by atoms with Crippen molar-refractivity contribution < 1.29 is 22.7 Å². The first-order valence-electron chi connectivity index (χ1n) is 9.16. The number of thiazole rings is 1. The highest BCUT2D eigenvalue weighted by atomic mass is 35.5. The fourth-order valence-corrected chi connectivity index (χ4v) is 5.04. The second kappa shape index (κ2) is 9.31. The van der Waals surface area contributed by atoms with E-state index in [1.165, 1.54) is 42.5 Å². The molecule has 0 saturated heterocycles. The molecular formula is C20H20ClN3O5S2. The summed E-state index contributed by atoms with van der Waals surface area (Å²) in [4.78, 5) is 29.1. The van der Waals surface area contributed by atoms with Crippen LogP contribution in [-0.4, -0.2) is 42.4 Å². The number of sulfonamides is 1. The number of benzene rings is 1. The number of aromatic nitrogens is 2. The molecule has 0 radical (unpaired) electrons. The number of ether oxygens (including phenoxy) is 1. The van der Waals surface area contributed by atoms with Gasteiger partial charge in [-0.05, 0) is 51.1 Å². The molecule has 11 heteroatoms. The van der Waals surface area contributed by atoms with Crippen molar-refractivity contribution in [2.24, 2.45) is 0 Å². The van der Waals surface area contributed by atoms with Gasteiger partial charge in [-0.1, -0.05) is 11.6 Å². The van der Waals surface area contributed by atoms with Gasteiger partial charge in [0.05, 0.1) is 4.90 Å². The van der Waals surface area contributed by atoms with Crippen molar-refractivity contribution in [2.75, 3.05) is 6.61 Å². The summed E-state index contributed by atoms with van der Waals surface area (Å²) in [6, 6.07) is 6.03. The van der Waals surface area contributed by atoms with Crippen molar-refractivity contribution in [3.8, 4) is 5.13 Å². The number of carbonyl (C=O) groups is 2. The minimum absolute atomic E-state index is 0.0396. The van der Waals surface area contributed by atoms with Crippen LogP contribution in [0.5, 0.6) is 0 Å². The summed E-state index contributed by atoms with van der Waals surface area (Å²) >= 11 is 7.20. The molecule has 0 unspecified atom stereocenters. The van der Waals surface area contributed by atoms with Crippen molar-refractivity contribution in [1.82, 2.24) is 14.3 Å². The summed E-state index contributed by atoms with van der Waals surface area (Å²) in [6.45, 7) is 4.47. The Labute approximate surface area is 188 Å². The summed E-state index contributed by atoms with van der Waals surface area (Å²) < 4.78 is 33.9. The van der Waals surface area contributed by atoms with Crippen LogP contribution in [0.3, 0.4) is 0 Å². The van der Waals surface area contributed by atoms with Gasteiger partial charge in [-0.3, -0.25) is 14.2 Å². The van der Waals surface area contributed by atoms with Gasteiger partial charge in [0.15, 0.2) is 11.7 Å². The van der Waals surface area contributed by atoms with Crippen molar-refractivity contribution >= 4 is 44.7 Å². The minimum Gasteiger partial charge on any atom is -0.456 e. The molecule has 0 amide bonds. The third-order valence-electron chi connectivity index (χ3n) is 4.50. The number of aryl methyl sites for hydroxylation is 1. The zero-order valence-corrected chi connectivity index (χ0v) is 19.3. The van der Waals surface area contributed by atoms with E-state index in [1.807, 2.05) is 16.9 Å². The molecule has 0 bridgehead atoms. The molecule has 2 heterocycles. The summed E-state index contributed by atoms with van der Waals surface area (Å²) in [5, 5.41) is 2.96. The van der Waals surface area contributed by atoms with E-state index < -0.39 is 34.4 Å². The molecule has 0 fully saturated rings. The second-order valence-corrected chi connectivity index (χ2v) is 9.79. The van der Waals surface area contributed by atoms with E-state index in [2.05, 4.69) is 9.71 Å². The molecule has 0 aliphatic carbocycles. The molecule has 2 aromatic heterocycles. The Morgan fingerprint density at radius 3 is 2.55 bits per heavy atom. The summed E-state index contributed by atoms with van der Waals surface area (Å²) in [7, 11) is -3.95. The highest BCUT2D eigenvalue weighted by molar-refractivity contribution is 7.89. The quantitative estimate of drug-likeness (QED) is 0.390. The van der Waals surface area contributed by atoms with E-state index >= 15 is 0 Å². The molecule has 0 saturated carbocycles. The molecule has 3 aromatic rings. The first-order valence-corrected chi connectivity index (χ1v) is 11.9. The van der Waals surface area contributed by atoms with Crippen LogP contribution in [0, 0.1) is 13.8 Å².